The van der Waals surface area contributed by atoms with Gasteiger partial charge < -0.3 is 20.7 Å². The second-order valence-corrected chi connectivity index (χ2v) is 5.56. The molecule has 1 rings (SSSR count). The Balaban J connectivity index is 2.12. The maximum absolute atomic E-state index is 11.1. The van der Waals surface area contributed by atoms with Crippen LogP contribution in [0.4, 0.5) is 0 Å². The molecule has 1 aliphatic rings. The molecule has 0 spiro atoms. The smallest absolute Gasteiger partial charge is 0.220 e. The van der Waals surface area contributed by atoms with Crippen molar-refractivity contribution in [3.05, 3.63) is 0 Å². The molecule has 1 amide bonds. The van der Waals surface area contributed by atoms with Crippen LogP contribution in [0.15, 0.2) is 0 Å². The summed E-state index contributed by atoms with van der Waals surface area (Å²) in [6.07, 6.45) is 2.82. The Kier molecular flexibility index (Phi) is 7.09. The highest BCUT2D eigenvalue weighted by Crippen LogP contribution is 2.16. The van der Waals surface area contributed by atoms with E-state index < -0.39 is 0 Å². The summed E-state index contributed by atoms with van der Waals surface area (Å²) in [5, 5.41) is 4.00. The Morgan fingerprint density at radius 2 is 2.11 bits per heavy atom. The third kappa shape index (κ3) is 6.20. The topological polar surface area (TPSA) is 67.6 Å². The number of hydrogen-bond acceptors (Lipinski definition) is 3. The number of carbonyl (C=O) groups is 1. The van der Waals surface area contributed by atoms with E-state index in [9.17, 15) is 4.79 Å². The lowest BCUT2D eigenvalue weighted by Crippen LogP contribution is -2.46. The Morgan fingerprint density at radius 1 is 1.47 bits per heavy atom. The highest BCUT2D eigenvalue weighted by atomic mass is 32.1. The molecule has 0 unspecified atom stereocenters. The molecule has 0 radical (unpaired) electrons. The van der Waals surface area contributed by atoms with Crippen LogP contribution in [-0.4, -0.2) is 48.3 Å². The fourth-order valence-corrected chi connectivity index (χ4v) is 2.35. The molecule has 0 aromatic rings. The number of primary amides is 1. The summed E-state index contributed by atoms with van der Waals surface area (Å²) in [7, 11) is 0. The molecule has 1 fully saturated rings. The predicted octanol–water partition coefficient (Wildman–Crippen LogP) is 0.873. The number of piperidine rings is 1. The first kappa shape index (κ1) is 16.2. The second kappa shape index (κ2) is 8.32. The van der Waals surface area contributed by atoms with Crippen LogP contribution in [-0.2, 0) is 9.53 Å². The molecule has 110 valence electrons. The van der Waals surface area contributed by atoms with Crippen LogP contribution in [0.2, 0.25) is 0 Å². The zero-order valence-corrected chi connectivity index (χ0v) is 12.7. The number of carbonyl (C=O) groups excluding carboxylic acids is 1. The minimum atomic E-state index is -0.190. The van der Waals surface area contributed by atoms with Gasteiger partial charge in [0.25, 0.3) is 0 Å². The van der Waals surface area contributed by atoms with Gasteiger partial charge in [-0.25, -0.2) is 0 Å². The summed E-state index contributed by atoms with van der Waals surface area (Å²) in [4.78, 5) is 13.2. The average Bonchev–Trinajstić information content (AvgIpc) is 2.37. The molecule has 6 heteroatoms. The van der Waals surface area contributed by atoms with Crippen LogP contribution in [0, 0.1) is 5.92 Å². The highest BCUT2D eigenvalue weighted by molar-refractivity contribution is 7.80. The first-order valence-electron chi connectivity index (χ1n) is 6.94. The number of rotatable bonds is 6. The minimum Gasteiger partial charge on any atom is -0.379 e. The maximum Gasteiger partial charge on any atom is 0.220 e. The summed E-state index contributed by atoms with van der Waals surface area (Å²) < 4.78 is 5.46. The summed E-state index contributed by atoms with van der Waals surface area (Å²) in [5.74, 6) is -0.178. The number of hydrogen-bond donors (Lipinski definition) is 2. The molecule has 0 saturated carbocycles. The lowest BCUT2D eigenvalue weighted by Gasteiger charge is -2.32. The number of nitrogens with one attached hydrogen (secondary N) is 1. The minimum absolute atomic E-state index is 0.0125. The van der Waals surface area contributed by atoms with Crippen molar-refractivity contribution in [3.8, 4) is 0 Å². The van der Waals surface area contributed by atoms with Crippen molar-refractivity contribution in [3.63, 3.8) is 0 Å². The Labute approximate surface area is 120 Å². The summed E-state index contributed by atoms with van der Waals surface area (Å²) in [5.41, 5.74) is 5.31. The third-order valence-corrected chi connectivity index (χ3v) is 3.64. The van der Waals surface area contributed by atoms with E-state index in [1.165, 1.54) is 0 Å². The summed E-state index contributed by atoms with van der Waals surface area (Å²) >= 11 is 5.34. The highest BCUT2D eigenvalue weighted by Gasteiger charge is 2.24. The fraction of sp³-hybridized carbons (Fsp3) is 0.846. The van der Waals surface area contributed by atoms with Crippen molar-refractivity contribution in [1.82, 2.24) is 10.2 Å². The molecular formula is C13H25N3O2S. The molecule has 1 aliphatic heterocycles. The standard InChI is InChI=1S/C13H25N3O2S/c1-10(2)18-9-3-6-15-13(19)16-7-4-11(5-8-16)12(14)17/h10-11H,3-9H2,1-2H3,(H2,14,17)(H,15,19). The second-order valence-electron chi connectivity index (χ2n) is 5.17. The Morgan fingerprint density at radius 3 is 2.63 bits per heavy atom. The zero-order chi connectivity index (χ0) is 14.3. The van der Waals surface area contributed by atoms with Gasteiger partial charge in [-0.2, -0.15) is 0 Å². The lowest BCUT2D eigenvalue weighted by molar-refractivity contribution is -0.122. The first-order chi connectivity index (χ1) is 9.00. The normalized spacial score (nSPS) is 16.7. The predicted molar refractivity (Wildman–Crippen MR) is 79.8 cm³/mol. The molecule has 5 nitrogen and oxygen atoms in total. The Hall–Kier alpha value is -0.880. The largest absolute Gasteiger partial charge is 0.379 e. The zero-order valence-electron chi connectivity index (χ0n) is 11.9. The van der Waals surface area contributed by atoms with Crippen LogP contribution in [0.3, 0.4) is 0 Å². The van der Waals surface area contributed by atoms with Crippen LogP contribution in [0.1, 0.15) is 33.1 Å². The third-order valence-electron chi connectivity index (χ3n) is 3.23. The van der Waals surface area contributed by atoms with Gasteiger partial charge in [0, 0.05) is 32.2 Å². The van der Waals surface area contributed by atoms with E-state index in [0.29, 0.717) is 0 Å². The van der Waals surface area contributed by atoms with Gasteiger partial charge in [0.05, 0.1) is 6.10 Å². The van der Waals surface area contributed by atoms with Crippen LogP contribution in [0.25, 0.3) is 0 Å². The average molecular weight is 287 g/mol. The molecule has 0 aliphatic carbocycles. The van der Waals surface area contributed by atoms with Gasteiger partial charge in [0.2, 0.25) is 5.91 Å². The quantitative estimate of drug-likeness (QED) is 0.560. The van der Waals surface area contributed by atoms with Crippen LogP contribution < -0.4 is 11.1 Å². The van der Waals surface area contributed by atoms with Crippen molar-refractivity contribution in [1.29, 1.82) is 0 Å². The van der Waals surface area contributed by atoms with E-state index in [2.05, 4.69) is 10.2 Å². The van der Waals surface area contributed by atoms with Gasteiger partial charge >= 0.3 is 0 Å². The van der Waals surface area contributed by atoms with Gasteiger partial charge in [-0.15, -0.1) is 0 Å². The number of ether oxygens (including phenoxy) is 1. The van der Waals surface area contributed by atoms with E-state index in [1.54, 1.807) is 0 Å². The molecule has 0 aromatic heterocycles. The molecule has 1 saturated heterocycles. The maximum atomic E-state index is 11.1. The van der Waals surface area contributed by atoms with Gasteiger partial charge in [0.1, 0.15) is 0 Å². The van der Waals surface area contributed by atoms with E-state index in [0.717, 1.165) is 50.6 Å². The number of amides is 1. The Bertz CT molecular complexity index is 302. The number of nitrogens with two attached hydrogens (primary N) is 1. The van der Waals surface area contributed by atoms with Crippen molar-refractivity contribution < 1.29 is 9.53 Å². The van der Waals surface area contributed by atoms with E-state index in [-0.39, 0.29) is 17.9 Å². The van der Waals surface area contributed by atoms with Crippen LogP contribution >= 0.6 is 12.2 Å². The molecule has 0 atom stereocenters. The lowest BCUT2D eigenvalue weighted by atomic mass is 9.97. The van der Waals surface area contributed by atoms with Crippen molar-refractivity contribution in [2.75, 3.05) is 26.2 Å². The molecular weight excluding hydrogens is 262 g/mol. The molecule has 1 heterocycles. The van der Waals surface area contributed by atoms with Gasteiger partial charge in [-0.05, 0) is 45.3 Å². The molecule has 0 aromatic carbocycles. The van der Waals surface area contributed by atoms with E-state index in [4.69, 9.17) is 22.7 Å². The first-order valence-corrected chi connectivity index (χ1v) is 7.35. The molecule has 19 heavy (non-hydrogen) atoms. The molecule has 0 bridgehead atoms. The van der Waals surface area contributed by atoms with Gasteiger partial charge in [-0.3, -0.25) is 4.79 Å². The summed E-state index contributed by atoms with van der Waals surface area (Å²) in [6, 6.07) is 0. The summed E-state index contributed by atoms with van der Waals surface area (Å²) in [6.45, 7) is 7.24. The SMILES string of the molecule is CC(C)OCCCNC(=S)N1CCC(C(N)=O)CC1. The van der Waals surface area contributed by atoms with Gasteiger partial charge in [-0.1, -0.05) is 0 Å². The number of likely N-dealkylation sites (tertiary alicyclic amines) is 1. The van der Waals surface area contributed by atoms with Gasteiger partial charge in [0.15, 0.2) is 5.11 Å². The van der Waals surface area contributed by atoms with E-state index >= 15 is 0 Å². The van der Waals surface area contributed by atoms with Crippen LogP contribution in [0.5, 0.6) is 0 Å². The fourth-order valence-electron chi connectivity index (χ4n) is 2.07. The van der Waals surface area contributed by atoms with Crippen molar-refractivity contribution in [2.24, 2.45) is 11.7 Å². The van der Waals surface area contributed by atoms with Crippen molar-refractivity contribution >= 4 is 23.2 Å². The number of thiocarbonyl (C=S) groups is 1. The number of nitrogens with zero attached hydrogens (tertiary/aromatic N) is 1. The monoisotopic (exact) mass is 287 g/mol. The van der Waals surface area contributed by atoms with E-state index in [1.807, 2.05) is 13.8 Å². The molecule has 3 N–H and O–H groups in total. The van der Waals surface area contributed by atoms with Crippen molar-refractivity contribution in [2.45, 2.75) is 39.2 Å².